The molecule has 1 heterocycles. The van der Waals surface area contributed by atoms with E-state index in [4.69, 9.17) is 9.47 Å². The topological polar surface area (TPSA) is 18.5 Å². The van der Waals surface area contributed by atoms with Gasteiger partial charge in [0.05, 0.1) is 4.83 Å². The number of benzene rings is 2. The second-order valence-electron chi connectivity index (χ2n) is 4.94. The molecule has 0 saturated carbocycles. The normalized spacial score (nSPS) is 14.9. The smallest absolute Gasteiger partial charge is 0.162 e. The molecular formula is C16H13Br2FO2. The van der Waals surface area contributed by atoms with E-state index in [1.165, 1.54) is 12.1 Å². The number of hydrogen-bond donors (Lipinski definition) is 0. The van der Waals surface area contributed by atoms with Crippen LogP contribution in [0, 0.1) is 12.7 Å². The zero-order valence-corrected chi connectivity index (χ0v) is 14.5. The number of ether oxygens (including phenoxy) is 2. The summed E-state index contributed by atoms with van der Waals surface area (Å²) < 4.78 is 25.7. The Bertz CT molecular complexity index is 668. The molecule has 0 N–H and O–H groups in total. The molecule has 0 aliphatic carbocycles. The highest BCUT2D eigenvalue weighted by Gasteiger charge is 2.20. The minimum atomic E-state index is -0.233. The van der Waals surface area contributed by atoms with Crippen molar-refractivity contribution >= 4 is 31.9 Å². The van der Waals surface area contributed by atoms with Gasteiger partial charge in [0.2, 0.25) is 0 Å². The fourth-order valence-electron chi connectivity index (χ4n) is 2.36. The van der Waals surface area contributed by atoms with Crippen molar-refractivity contribution in [3.63, 3.8) is 0 Å². The van der Waals surface area contributed by atoms with Gasteiger partial charge in [-0.3, -0.25) is 0 Å². The zero-order valence-electron chi connectivity index (χ0n) is 11.3. The molecule has 1 unspecified atom stereocenters. The third kappa shape index (κ3) is 3.09. The molecule has 0 radical (unpaired) electrons. The predicted octanol–water partition coefficient (Wildman–Crippen LogP) is 5.15. The molecule has 21 heavy (non-hydrogen) atoms. The highest BCUT2D eigenvalue weighted by molar-refractivity contribution is 9.11. The van der Waals surface area contributed by atoms with Gasteiger partial charge < -0.3 is 9.47 Å². The first-order chi connectivity index (χ1) is 10.0. The largest absolute Gasteiger partial charge is 0.486 e. The van der Waals surface area contributed by atoms with Gasteiger partial charge in [-0.15, -0.1) is 0 Å². The second kappa shape index (κ2) is 5.97. The average molecular weight is 416 g/mol. The van der Waals surface area contributed by atoms with E-state index in [0.29, 0.717) is 13.2 Å². The summed E-state index contributed by atoms with van der Waals surface area (Å²) in [5, 5.41) is 0. The molecule has 1 atom stereocenters. The van der Waals surface area contributed by atoms with Gasteiger partial charge in [0, 0.05) is 4.47 Å². The zero-order chi connectivity index (χ0) is 15.0. The summed E-state index contributed by atoms with van der Waals surface area (Å²) in [6, 6.07) is 8.84. The van der Waals surface area contributed by atoms with Crippen LogP contribution in [0.3, 0.4) is 0 Å². The fraction of sp³-hybridized carbons (Fsp3) is 0.250. The first-order valence-electron chi connectivity index (χ1n) is 6.55. The summed E-state index contributed by atoms with van der Waals surface area (Å²) in [4.78, 5) is -0.128. The number of halogens is 3. The lowest BCUT2D eigenvalue weighted by atomic mass is 10.0. The Morgan fingerprint density at radius 1 is 1.05 bits per heavy atom. The van der Waals surface area contributed by atoms with Crippen molar-refractivity contribution in [3.05, 3.63) is 57.3 Å². The van der Waals surface area contributed by atoms with Crippen LogP contribution in [0.5, 0.6) is 11.5 Å². The predicted molar refractivity (Wildman–Crippen MR) is 87.0 cm³/mol. The molecule has 3 rings (SSSR count). The summed E-state index contributed by atoms with van der Waals surface area (Å²) >= 11 is 7.20. The Morgan fingerprint density at radius 2 is 1.71 bits per heavy atom. The fourth-order valence-corrected chi connectivity index (χ4v) is 3.87. The number of rotatable bonds is 2. The van der Waals surface area contributed by atoms with Crippen LogP contribution in [-0.2, 0) is 0 Å². The van der Waals surface area contributed by atoms with Crippen LogP contribution in [0.15, 0.2) is 34.8 Å². The second-order valence-corrected chi connectivity index (χ2v) is 6.71. The molecule has 2 aromatic carbocycles. The molecular weight excluding hydrogens is 403 g/mol. The van der Waals surface area contributed by atoms with Gasteiger partial charge in [-0.05, 0) is 47.9 Å². The van der Waals surface area contributed by atoms with Crippen molar-refractivity contribution in [1.82, 2.24) is 0 Å². The number of alkyl halides is 1. The van der Waals surface area contributed by atoms with Crippen molar-refractivity contribution in [1.29, 1.82) is 0 Å². The standard InChI is InChI=1S/C16H13Br2FO2/c1-9-4-10(6-11(19)5-9)16(18)12-7-14-15(8-13(12)17)21-3-2-20-14/h4-8,16H,2-3H2,1H3. The van der Waals surface area contributed by atoms with E-state index in [2.05, 4.69) is 31.9 Å². The van der Waals surface area contributed by atoms with Crippen LogP contribution in [0.2, 0.25) is 0 Å². The van der Waals surface area contributed by atoms with Gasteiger partial charge in [0.1, 0.15) is 19.0 Å². The number of fused-ring (bicyclic) bond motifs is 1. The lowest BCUT2D eigenvalue weighted by Crippen LogP contribution is -2.15. The maximum Gasteiger partial charge on any atom is 0.162 e. The van der Waals surface area contributed by atoms with Crippen molar-refractivity contribution in [2.45, 2.75) is 11.8 Å². The first kappa shape index (κ1) is 14.9. The number of hydrogen-bond acceptors (Lipinski definition) is 2. The molecule has 0 fully saturated rings. The molecule has 2 nitrogen and oxygen atoms in total. The van der Waals surface area contributed by atoms with Gasteiger partial charge in [-0.25, -0.2) is 4.39 Å². The quantitative estimate of drug-likeness (QED) is 0.631. The molecule has 0 spiro atoms. The van der Waals surface area contributed by atoms with E-state index in [0.717, 1.165) is 32.7 Å². The summed E-state index contributed by atoms with van der Waals surface area (Å²) in [7, 11) is 0. The van der Waals surface area contributed by atoms with Gasteiger partial charge >= 0.3 is 0 Å². The van der Waals surface area contributed by atoms with Crippen LogP contribution < -0.4 is 9.47 Å². The maximum absolute atomic E-state index is 13.6. The maximum atomic E-state index is 13.6. The Morgan fingerprint density at radius 3 is 2.38 bits per heavy atom. The van der Waals surface area contributed by atoms with E-state index in [-0.39, 0.29) is 10.6 Å². The van der Waals surface area contributed by atoms with E-state index in [1.807, 2.05) is 25.1 Å². The molecule has 0 saturated heterocycles. The van der Waals surface area contributed by atoms with Gasteiger partial charge in [0.25, 0.3) is 0 Å². The molecule has 5 heteroatoms. The van der Waals surface area contributed by atoms with Gasteiger partial charge in [0.15, 0.2) is 11.5 Å². The van der Waals surface area contributed by atoms with Gasteiger partial charge in [-0.2, -0.15) is 0 Å². The molecule has 0 aromatic heterocycles. The van der Waals surface area contributed by atoms with E-state index < -0.39 is 0 Å². The van der Waals surface area contributed by atoms with Crippen LogP contribution in [-0.4, -0.2) is 13.2 Å². The van der Waals surface area contributed by atoms with Crippen LogP contribution in [0.1, 0.15) is 21.5 Å². The molecule has 0 bridgehead atoms. The van der Waals surface area contributed by atoms with Crippen molar-refractivity contribution in [3.8, 4) is 11.5 Å². The SMILES string of the molecule is Cc1cc(F)cc(C(Br)c2cc3c(cc2Br)OCCO3)c1. The Balaban J connectivity index is 2.02. The molecule has 1 aliphatic heterocycles. The molecule has 110 valence electrons. The Kier molecular flexibility index (Phi) is 4.22. The summed E-state index contributed by atoms with van der Waals surface area (Å²) in [5.74, 6) is 1.21. The Labute approximate surface area is 139 Å². The van der Waals surface area contributed by atoms with Crippen molar-refractivity contribution < 1.29 is 13.9 Å². The third-order valence-corrected chi connectivity index (χ3v) is 5.00. The van der Waals surface area contributed by atoms with E-state index in [9.17, 15) is 4.39 Å². The van der Waals surface area contributed by atoms with Crippen LogP contribution >= 0.6 is 31.9 Å². The van der Waals surface area contributed by atoms with Crippen molar-refractivity contribution in [2.24, 2.45) is 0 Å². The minimum Gasteiger partial charge on any atom is -0.486 e. The molecule has 1 aliphatic rings. The molecule has 2 aromatic rings. The first-order valence-corrected chi connectivity index (χ1v) is 8.25. The summed E-state index contributed by atoms with van der Waals surface area (Å²) in [6.07, 6.45) is 0. The third-order valence-electron chi connectivity index (χ3n) is 3.29. The van der Waals surface area contributed by atoms with Gasteiger partial charge in [-0.1, -0.05) is 37.9 Å². The number of aryl methyl sites for hydroxylation is 1. The van der Waals surface area contributed by atoms with E-state index in [1.54, 1.807) is 0 Å². The summed E-state index contributed by atoms with van der Waals surface area (Å²) in [6.45, 7) is 2.98. The van der Waals surface area contributed by atoms with Crippen molar-refractivity contribution in [2.75, 3.05) is 13.2 Å². The van der Waals surface area contributed by atoms with E-state index >= 15 is 0 Å². The van der Waals surface area contributed by atoms with Crippen LogP contribution in [0.4, 0.5) is 4.39 Å². The monoisotopic (exact) mass is 414 g/mol. The minimum absolute atomic E-state index is 0.128. The average Bonchev–Trinajstić information content (AvgIpc) is 2.44. The Hall–Kier alpha value is -1.07. The van der Waals surface area contributed by atoms with Crippen LogP contribution in [0.25, 0.3) is 0 Å². The highest BCUT2D eigenvalue weighted by Crippen LogP contribution is 2.42. The summed E-state index contributed by atoms with van der Waals surface area (Å²) in [5.41, 5.74) is 2.73. The lowest BCUT2D eigenvalue weighted by Gasteiger charge is -2.21. The lowest BCUT2D eigenvalue weighted by molar-refractivity contribution is 0.171. The highest BCUT2D eigenvalue weighted by atomic mass is 79.9. The molecule has 0 amide bonds.